The number of hydrogen-bond acceptors (Lipinski definition) is 4. The zero-order valence-electron chi connectivity index (χ0n) is 10.2. The number of benzene rings is 1. The van der Waals surface area contributed by atoms with Crippen LogP contribution in [0.4, 0.5) is 4.39 Å². The van der Waals surface area contributed by atoms with Gasteiger partial charge in [0.15, 0.2) is 0 Å². The Kier molecular flexibility index (Phi) is 3.08. The lowest BCUT2D eigenvalue weighted by Crippen LogP contribution is -1.94. The van der Waals surface area contributed by atoms with E-state index in [0.29, 0.717) is 5.69 Å². The van der Waals surface area contributed by atoms with Crippen molar-refractivity contribution in [3.8, 4) is 16.4 Å². The predicted molar refractivity (Wildman–Crippen MR) is 71.8 cm³/mol. The van der Waals surface area contributed by atoms with E-state index in [-0.39, 0.29) is 5.82 Å². The van der Waals surface area contributed by atoms with Crippen LogP contribution in [-0.4, -0.2) is 20.0 Å². The van der Waals surface area contributed by atoms with Crippen LogP contribution in [0.2, 0.25) is 0 Å². The molecule has 0 saturated heterocycles. The molecule has 0 aliphatic heterocycles. The largest absolute Gasteiger partial charge is 0.223 e. The molecule has 0 radical (unpaired) electrons. The van der Waals surface area contributed by atoms with Crippen LogP contribution in [0, 0.1) is 5.82 Å². The molecule has 0 aliphatic carbocycles. The zero-order chi connectivity index (χ0) is 13.2. The Balaban J connectivity index is 1.92. The van der Waals surface area contributed by atoms with Gasteiger partial charge in [-0.2, -0.15) is 4.68 Å². The van der Waals surface area contributed by atoms with Crippen LogP contribution in [-0.2, 0) is 6.42 Å². The second-order valence-corrected chi connectivity index (χ2v) is 4.87. The molecule has 4 nitrogen and oxygen atoms in total. The first-order chi connectivity index (χ1) is 9.26. The smallest absolute Gasteiger partial charge is 0.211 e. The number of nitrogens with zero attached hydrogens (tertiary/aromatic N) is 4. The highest BCUT2D eigenvalue weighted by molar-refractivity contribution is 7.12. The third-order valence-corrected chi connectivity index (χ3v) is 3.61. The fraction of sp³-hybridized carbons (Fsp3) is 0.154. The monoisotopic (exact) mass is 274 g/mol. The molecule has 3 aromatic rings. The van der Waals surface area contributed by atoms with E-state index in [4.69, 9.17) is 0 Å². The first-order valence-electron chi connectivity index (χ1n) is 5.89. The van der Waals surface area contributed by atoms with Crippen molar-refractivity contribution in [2.24, 2.45) is 0 Å². The molecule has 2 aromatic heterocycles. The van der Waals surface area contributed by atoms with Gasteiger partial charge in [-0.05, 0) is 30.7 Å². The first-order valence-corrected chi connectivity index (χ1v) is 6.77. The van der Waals surface area contributed by atoms with Gasteiger partial charge in [-0.1, -0.05) is 12.1 Å². The van der Waals surface area contributed by atoms with Gasteiger partial charge in [-0.25, -0.2) is 9.37 Å². The molecule has 0 unspecified atom stereocenters. The number of halogens is 1. The topological polar surface area (TPSA) is 43.6 Å². The molecule has 6 heteroatoms. The van der Waals surface area contributed by atoms with Crippen molar-refractivity contribution >= 4 is 11.3 Å². The van der Waals surface area contributed by atoms with Crippen molar-refractivity contribution in [2.45, 2.75) is 13.3 Å². The van der Waals surface area contributed by atoms with E-state index >= 15 is 0 Å². The fourth-order valence-electron chi connectivity index (χ4n) is 1.67. The summed E-state index contributed by atoms with van der Waals surface area (Å²) < 4.78 is 14.5. The molecule has 1 aromatic carbocycles. The second-order valence-electron chi connectivity index (χ2n) is 4.03. The van der Waals surface area contributed by atoms with Gasteiger partial charge in [0.2, 0.25) is 5.13 Å². The highest BCUT2D eigenvalue weighted by atomic mass is 32.1. The lowest BCUT2D eigenvalue weighted by Gasteiger charge is -1.94. The van der Waals surface area contributed by atoms with E-state index in [9.17, 15) is 4.39 Å². The maximum absolute atomic E-state index is 12.9. The Labute approximate surface area is 113 Å². The standard InChI is InChI=1S/C13H11FN4S/c1-2-11-8-19-13(15-11)18-7-12(16-17-18)9-3-5-10(14)6-4-9/h3-8H,2H2,1H3. The molecule has 96 valence electrons. The van der Waals surface area contributed by atoms with Crippen molar-refractivity contribution < 1.29 is 4.39 Å². The van der Waals surface area contributed by atoms with Crippen LogP contribution in [0.15, 0.2) is 35.8 Å². The van der Waals surface area contributed by atoms with E-state index < -0.39 is 0 Å². The second kappa shape index (κ2) is 4.89. The highest BCUT2D eigenvalue weighted by Gasteiger charge is 2.08. The highest BCUT2D eigenvalue weighted by Crippen LogP contribution is 2.19. The minimum atomic E-state index is -0.261. The fourth-order valence-corrected chi connectivity index (χ4v) is 2.50. The maximum Gasteiger partial charge on any atom is 0.211 e. The minimum Gasteiger partial charge on any atom is -0.223 e. The Morgan fingerprint density at radius 3 is 2.74 bits per heavy atom. The summed E-state index contributed by atoms with van der Waals surface area (Å²) in [6.07, 6.45) is 2.70. The molecule has 0 atom stereocenters. The van der Waals surface area contributed by atoms with E-state index in [1.165, 1.54) is 23.5 Å². The Bertz CT molecular complexity index is 687. The Morgan fingerprint density at radius 2 is 2.05 bits per heavy atom. The third-order valence-electron chi connectivity index (χ3n) is 2.73. The van der Waals surface area contributed by atoms with Gasteiger partial charge < -0.3 is 0 Å². The van der Waals surface area contributed by atoms with Crippen LogP contribution in [0.1, 0.15) is 12.6 Å². The summed E-state index contributed by atoms with van der Waals surface area (Å²) in [5.74, 6) is -0.261. The molecule has 3 rings (SSSR count). The van der Waals surface area contributed by atoms with Gasteiger partial charge in [0.25, 0.3) is 0 Å². The number of hydrogen-bond donors (Lipinski definition) is 0. The van der Waals surface area contributed by atoms with Gasteiger partial charge in [-0.3, -0.25) is 0 Å². The van der Waals surface area contributed by atoms with Crippen molar-refractivity contribution in [1.29, 1.82) is 0 Å². The summed E-state index contributed by atoms with van der Waals surface area (Å²) in [6, 6.07) is 6.19. The molecular formula is C13H11FN4S. The minimum absolute atomic E-state index is 0.261. The zero-order valence-corrected chi connectivity index (χ0v) is 11.1. The van der Waals surface area contributed by atoms with Crippen molar-refractivity contribution in [3.63, 3.8) is 0 Å². The van der Waals surface area contributed by atoms with Crippen LogP contribution in [0.25, 0.3) is 16.4 Å². The summed E-state index contributed by atoms with van der Waals surface area (Å²) in [5, 5.41) is 10.9. The number of thiazole rings is 1. The molecular weight excluding hydrogens is 263 g/mol. The van der Waals surface area contributed by atoms with Crippen molar-refractivity contribution in [1.82, 2.24) is 20.0 Å². The van der Waals surface area contributed by atoms with Crippen molar-refractivity contribution in [2.75, 3.05) is 0 Å². The Morgan fingerprint density at radius 1 is 1.26 bits per heavy atom. The van der Waals surface area contributed by atoms with Gasteiger partial charge in [-0.15, -0.1) is 16.4 Å². The van der Waals surface area contributed by atoms with Crippen LogP contribution in [0.3, 0.4) is 0 Å². The quantitative estimate of drug-likeness (QED) is 0.737. The molecule has 0 aliphatic rings. The molecule has 0 bridgehead atoms. The predicted octanol–water partition coefficient (Wildman–Crippen LogP) is 3.09. The van der Waals surface area contributed by atoms with Gasteiger partial charge >= 0.3 is 0 Å². The van der Waals surface area contributed by atoms with Crippen LogP contribution >= 0.6 is 11.3 Å². The molecule has 2 heterocycles. The van der Waals surface area contributed by atoms with Gasteiger partial charge in [0, 0.05) is 10.9 Å². The normalized spacial score (nSPS) is 10.8. The van der Waals surface area contributed by atoms with E-state index in [1.807, 2.05) is 5.38 Å². The van der Waals surface area contributed by atoms with Gasteiger partial charge in [0.1, 0.15) is 11.5 Å². The summed E-state index contributed by atoms with van der Waals surface area (Å²) in [6.45, 7) is 2.06. The average Bonchev–Trinajstić information content (AvgIpc) is 3.08. The Hall–Kier alpha value is -2.08. The van der Waals surface area contributed by atoms with Crippen LogP contribution < -0.4 is 0 Å². The molecule has 0 saturated carbocycles. The number of aryl methyl sites for hydroxylation is 1. The van der Waals surface area contributed by atoms with E-state index in [1.54, 1.807) is 23.0 Å². The molecule has 19 heavy (non-hydrogen) atoms. The van der Waals surface area contributed by atoms with Gasteiger partial charge in [0.05, 0.1) is 11.9 Å². The summed E-state index contributed by atoms with van der Waals surface area (Å²) in [4.78, 5) is 4.44. The van der Waals surface area contributed by atoms with Crippen molar-refractivity contribution in [3.05, 3.63) is 47.4 Å². The third kappa shape index (κ3) is 2.39. The SMILES string of the molecule is CCc1csc(-n2cc(-c3ccc(F)cc3)nn2)n1. The molecule has 0 spiro atoms. The first kappa shape index (κ1) is 12.0. The summed E-state index contributed by atoms with van der Waals surface area (Å²) >= 11 is 1.53. The number of aromatic nitrogens is 4. The molecule has 0 N–H and O–H groups in total. The van der Waals surface area contributed by atoms with Crippen LogP contribution in [0.5, 0.6) is 0 Å². The summed E-state index contributed by atoms with van der Waals surface area (Å²) in [5.41, 5.74) is 2.58. The number of rotatable bonds is 3. The molecule has 0 fully saturated rings. The maximum atomic E-state index is 12.9. The lowest BCUT2D eigenvalue weighted by atomic mass is 10.2. The summed E-state index contributed by atoms with van der Waals surface area (Å²) in [7, 11) is 0. The van der Waals surface area contributed by atoms with E-state index in [2.05, 4.69) is 22.2 Å². The van der Waals surface area contributed by atoms with E-state index in [0.717, 1.165) is 22.8 Å². The average molecular weight is 274 g/mol. The molecule has 0 amide bonds. The lowest BCUT2D eigenvalue weighted by molar-refractivity contribution is 0.628.